The number of nitrogens with zero attached hydrogens (tertiary/aromatic N) is 3. The van der Waals surface area contributed by atoms with E-state index < -0.39 is 11.9 Å². The molecule has 0 bridgehead atoms. The number of rotatable bonds is 7. The van der Waals surface area contributed by atoms with Crippen LogP contribution in [0.1, 0.15) is 64.8 Å². The third-order valence-corrected chi connectivity index (χ3v) is 9.04. The lowest BCUT2D eigenvalue weighted by Crippen LogP contribution is -2.52. The molecular weight excluding hydrogens is 522 g/mol. The van der Waals surface area contributed by atoms with Gasteiger partial charge in [0, 0.05) is 73.8 Å². The summed E-state index contributed by atoms with van der Waals surface area (Å²) in [6, 6.07) is 12.7. The summed E-state index contributed by atoms with van der Waals surface area (Å²) in [4.78, 5) is 54.8. The molecular formula is C31H37N5O5. The molecule has 6 rings (SSSR count). The smallest absolute Gasteiger partial charge is 0.255 e. The molecule has 0 spiro atoms. The number of benzene rings is 2. The van der Waals surface area contributed by atoms with Gasteiger partial charge >= 0.3 is 0 Å². The van der Waals surface area contributed by atoms with Gasteiger partial charge in [-0.15, -0.1) is 0 Å². The third-order valence-electron chi connectivity index (χ3n) is 9.04. The molecule has 10 heteroatoms. The quantitative estimate of drug-likeness (QED) is 0.499. The molecule has 4 amide bonds. The second-order valence-electron chi connectivity index (χ2n) is 11.6. The lowest BCUT2D eigenvalue weighted by molar-refractivity contribution is -0.136. The van der Waals surface area contributed by atoms with Gasteiger partial charge in [-0.05, 0) is 74.4 Å². The van der Waals surface area contributed by atoms with Crippen molar-refractivity contribution in [1.29, 1.82) is 0 Å². The van der Waals surface area contributed by atoms with Crippen LogP contribution in [-0.4, -0.2) is 73.5 Å². The van der Waals surface area contributed by atoms with E-state index in [1.54, 1.807) is 17.0 Å². The molecule has 3 N–H and O–H groups in total. The summed E-state index contributed by atoms with van der Waals surface area (Å²) < 4.78 is 6.37. The second kappa shape index (κ2) is 11.5. The average molecular weight is 560 g/mol. The highest BCUT2D eigenvalue weighted by atomic mass is 16.5. The van der Waals surface area contributed by atoms with Crippen LogP contribution >= 0.6 is 0 Å². The molecule has 0 aromatic heterocycles. The van der Waals surface area contributed by atoms with Crippen molar-refractivity contribution in [1.82, 2.24) is 10.2 Å². The van der Waals surface area contributed by atoms with Gasteiger partial charge in [0.15, 0.2) is 0 Å². The Morgan fingerprint density at radius 1 is 0.902 bits per heavy atom. The van der Waals surface area contributed by atoms with Crippen molar-refractivity contribution >= 4 is 35.0 Å². The number of nitrogens with one attached hydrogen (secondary N) is 1. The van der Waals surface area contributed by atoms with Crippen molar-refractivity contribution in [3.05, 3.63) is 59.2 Å². The summed E-state index contributed by atoms with van der Waals surface area (Å²) >= 11 is 0. The van der Waals surface area contributed by atoms with Gasteiger partial charge in [0.2, 0.25) is 17.7 Å². The maximum atomic E-state index is 13.2. The first-order chi connectivity index (χ1) is 19.9. The molecule has 41 heavy (non-hydrogen) atoms. The van der Waals surface area contributed by atoms with E-state index in [4.69, 9.17) is 10.5 Å². The Bertz CT molecular complexity index is 1330. The van der Waals surface area contributed by atoms with E-state index in [0.29, 0.717) is 30.0 Å². The summed E-state index contributed by atoms with van der Waals surface area (Å²) in [7, 11) is 0. The molecule has 2 aromatic rings. The van der Waals surface area contributed by atoms with Crippen molar-refractivity contribution in [3.8, 4) is 0 Å². The predicted octanol–water partition coefficient (Wildman–Crippen LogP) is 2.45. The fourth-order valence-corrected chi connectivity index (χ4v) is 6.60. The Balaban J connectivity index is 0.981. The standard InChI is InChI=1S/C31H37N5O5/c32-29(38)21-4-6-22(7-5-21)34-16-12-23(13-17-34)41-19-20-10-14-35(15-11-20)26-3-1-2-24-25(26)18-36(31(24)40)27-8-9-28(37)33-30(27)39/h1-7,20,23,27H,8-19H2,(H2,32,38)(H,33,37,39). The number of fused-ring (bicyclic) bond motifs is 1. The summed E-state index contributed by atoms with van der Waals surface area (Å²) in [6.45, 7) is 4.81. The number of ether oxygens (including phenoxy) is 1. The number of hydrogen-bond acceptors (Lipinski definition) is 7. The zero-order valence-electron chi connectivity index (χ0n) is 23.2. The Labute approximate surface area is 239 Å². The molecule has 1 unspecified atom stereocenters. The molecule has 3 fully saturated rings. The van der Waals surface area contributed by atoms with Gasteiger partial charge in [-0.1, -0.05) is 6.07 Å². The van der Waals surface area contributed by atoms with Gasteiger partial charge in [-0.25, -0.2) is 0 Å². The Morgan fingerprint density at radius 2 is 1.61 bits per heavy atom. The summed E-state index contributed by atoms with van der Waals surface area (Å²) in [5, 5.41) is 2.38. The second-order valence-corrected chi connectivity index (χ2v) is 11.6. The van der Waals surface area contributed by atoms with Crippen LogP contribution in [0.25, 0.3) is 0 Å². The van der Waals surface area contributed by atoms with E-state index in [1.165, 1.54) is 0 Å². The van der Waals surface area contributed by atoms with Crippen molar-refractivity contribution in [2.24, 2.45) is 11.7 Å². The Kier molecular flexibility index (Phi) is 7.66. The van der Waals surface area contributed by atoms with Gasteiger partial charge in [-0.2, -0.15) is 0 Å². The summed E-state index contributed by atoms with van der Waals surface area (Å²) in [5.41, 5.74) is 9.69. The van der Waals surface area contributed by atoms with Gasteiger partial charge in [0.05, 0.1) is 6.10 Å². The molecule has 4 aliphatic heterocycles. The van der Waals surface area contributed by atoms with E-state index in [1.807, 2.05) is 24.3 Å². The molecule has 0 saturated carbocycles. The maximum absolute atomic E-state index is 13.2. The van der Waals surface area contributed by atoms with Crippen molar-refractivity contribution in [2.45, 2.75) is 57.2 Å². The van der Waals surface area contributed by atoms with Crippen LogP contribution in [0.2, 0.25) is 0 Å². The molecule has 2 aromatic carbocycles. The van der Waals surface area contributed by atoms with E-state index >= 15 is 0 Å². The van der Waals surface area contributed by atoms with E-state index in [9.17, 15) is 19.2 Å². The highest BCUT2D eigenvalue weighted by molar-refractivity contribution is 6.06. The van der Waals surface area contributed by atoms with Gasteiger partial charge < -0.3 is 25.2 Å². The van der Waals surface area contributed by atoms with Crippen LogP contribution in [0, 0.1) is 5.92 Å². The van der Waals surface area contributed by atoms with Crippen LogP contribution in [0.3, 0.4) is 0 Å². The SMILES string of the molecule is NC(=O)c1ccc(N2CCC(OCC3CCN(c4cccc5c4CN(C4CCC(=O)NC4=O)C5=O)CC3)CC2)cc1. The van der Waals surface area contributed by atoms with Crippen LogP contribution < -0.4 is 20.9 Å². The zero-order chi connectivity index (χ0) is 28.5. The monoisotopic (exact) mass is 559 g/mol. The minimum Gasteiger partial charge on any atom is -0.378 e. The predicted molar refractivity (Wildman–Crippen MR) is 154 cm³/mol. The minimum atomic E-state index is -0.599. The first-order valence-corrected chi connectivity index (χ1v) is 14.7. The highest BCUT2D eigenvalue weighted by Crippen LogP contribution is 2.36. The van der Waals surface area contributed by atoms with E-state index in [0.717, 1.165) is 75.4 Å². The molecule has 1 atom stereocenters. The van der Waals surface area contributed by atoms with Crippen molar-refractivity contribution in [2.75, 3.05) is 42.6 Å². The number of amides is 4. The number of hydrogen-bond donors (Lipinski definition) is 2. The first-order valence-electron chi connectivity index (χ1n) is 14.7. The summed E-state index contributed by atoms with van der Waals surface area (Å²) in [6.07, 6.45) is 4.89. The van der Waals surface area contributed by atoms with Gasteiger partial charge in [-0.3, -0.25) is 24.5 Å². The van der Waals surface area contributed by atoms with Gasteiger partial charge in [0.1, 0.15) is 6.04 Å². The number of piperidine rings is 3. The number of anilines is 2. The number of nitrogens with two attached hydrogens (primary N) is 1. The largest absolute Gasteiger partial charge is 0.378 e. The number of carbonyl (C=O) groups is 4. The lowest BCUT2D eigenvalue weighted by Gasteiger charge is -2.37. The van der Waals surface area contributed by atoms with Crippen molar-refractivity contribution < 1.29 is 23.9 Å². The molecule has 0 aliphatic carbocycles. The van der Waals surface area contributed by atoms with Gasteiger partial charge in [0.25, 0.3) is 5.91 Å². The topological polar surface area (TPSA) is 125 Å². The number of imide groups is 1. The number of carbonyl (C=O) groups excluding carboxylic acids is 4. The Morgan fingerprint density at radius 3 is 2.29 bits per heavy atom. The molecule has 216 valence electrons. The Hall–Kier alpha value is -3.92. The van der Waals surface area contributed by atoms with E-state index in [2.05, 4.69) is 21.2 Å². The number of primary amides is 1. The average Bonchev–Trinajstić information content (AvgIpc) is 3.33. The van der Waals surface area contributed by atoms with Crippen LogP contribution in [0.5, 0.6) is 0 Å². The lowest BCUT2D eigenvalue weighted by atomic mass is 9.96. The van der Waals surface area contributed by atoms with Crippen molar-refractivity contribution in [3.63, 3.8) is 0 Å². The fourth-order valence-electron chi connectivity index (χ4n) is 6.60. The minimum absolute atomic E-state index is 0.131. The normalized spacial score (nSPS) is 22.2. The van der Waals surface area contributed by atoms with Crippen LogP contribution in [0.15, 0.2) is 42.5 Å². The van der Waals surface area contributed by atoms with Crippen LogP contribution in [0.4, 0.5) is 11.4 Å². The fraction of sp³-hybridized carbons (Fsp3) is 0.484. The summed E-state index contributed by atoms with van der Waals surface area (Å²) in [5.74, 6) is -0.692. The molecule has 4 aliphatic rings. The molecule has 10 nitrogen and oxygen atoms in total. The maximum Gasteiger partial charge on any atom is 0.255 e. The molecule has 0 radical (unpaired) electrons. The zero-order valence-corrected chi connectivity index (χ0v) is 23.2. The molecule has 4 heterocycles. The third kappa shape index (κ3) is 5.66. The highest BCUT2D eigenvalue weighted by Gasteiger charge is 2.40. The first kappa shape index (κ1) is 27.3. The van der Waals surface area contributed by atoms with Crippen LogP contribution in [-0.2, 0) is 20.9 Å². The molecule has 3 saturated heterocycles. The van der Waals surface area contributed by atoms with E-state index in [-0.39, 0.29) is 30.2 Å².